The largest absolute Gasteiger partial charge is 0.445 e. The first-order chi connectivity index (χ1) is 10.8. The highest BCUT2D eigenvalue weighted by Crippen LogP contribution is 2.33. The van der Waals surface area contributed by atoms with Gasteiger partial charge in [0.1, 0.15) is 6.61 Å². The van der Waals surface area contributed by atoms with Crippen LogP contribution in [0, 0.1) is 6.92 Å². The zero-order valence-electron chi connectivity index (χ0n) is 12.7. The Labute approximate surface area is 130 Å². The molecule has 1 unspecified atom stereocenters. The zero-order valence-corrected chi connectivity index (χ0v) is 12.7. The predicted octanol–water partition coefficient (Wildman–Crippen LogP) is 3.86. The van der Waals surface area contributed by atoms with Crippen molar-refractivity contribution < 1.29 is 9.53 Å². The molecule has 0 spiro atoms. The summed E-state index contributed by atoms with van der Waals surface area (Å²) in [5, 5.41) is 0. The molecule has 4 heteroatoms. The molecule has 1 aromatic heterocycles. The number of rotatable bonds is 3. The van der Waals surface area contributed by atoms with Gasteiger partial charge in [-0.2, -0.15) is 0 Å². The van der Waals surface area contributed by atoms with E-state index in [0.717, 1.165) is 30.5 Å². The van der Waals surface area contributed by atoms with Gasteiger partial charge in [-0.25, -0.2) is 4.79 Å². The van der Waals surface area contributed by atoms with Crippen molar-refractivity contribution in [3.8, 4) is 0 Å². The number of ether oxygens (including phenoxy) is 1. The van der Waals surface area contributed by atoms with Gasteiger partial charge in [0.2, 0.25) is 0 Å². The predicted molar refractivity (Wildman–Crippen MR) is 84.3 cm³/mol. The van der Waals surface area contributed by atoms with Gasteiger partial charge in [0.05, 0.1) is 6.04 Å². The summed E-state index contributed by atoms with van der Waals surface area (Å²) in [4.78, 5) is 18.4. The number of pyridine rings is 1. The number of hydrogen-bond donors (Lipinski definition) is 0. The number of aryl methyl sites for hydroxylation is 1. The fourth-order valence-electron chi connectivity index (χ4n) is 2.97. The van der Waals surface area contributed by atoms with Crippen molar-refractivity contribution in [2.75, 3.05) is 6.54 Å². The summed E-state index contributed by atoms with van der Waals surface area (Å²) < 4.78 is 5.47. The maximum absolute atomic E-state index is 12.4. The molecule has 1 aromatic carbocycles. The van der Waals surface area contributed by atoms with E-state index in [1.54, 1.807) is 6.20 Å². The normalized spacial score (nSPS) is 17.5. The summed E-state index contributed by atoms with van der Waals surface area (Å²) >= 11 is 0. The maximum atomic E-state index is 12.4. The SMILES string of the molecule is Cc1cnccc1C1CCCN1C(=O)OCc1ccccc1. The Morgan fingerprint density at radius 2 is 2.14 bits per heavy atom. The Kier molecular flexibility index (Phi) is 4.37. The topological polar surface area (TPSA) is 42.4 Å². The minimum Gasteiger partial charge on any atom is -0.445 e. The fourth-order valence-corrected chi connectivity index (χ4v) is 2.97. The molecule has 0 bridgehead atoms. The van der Waals surface area contributed by atoms with Crippen molar-refractivity contribution in [1.29, 1.82) is 0 Å². The number of benzene rings is 1. The van der Waals surface area contributed by atoms with E-state index in [4.69, 9.17) is 4.74 Å². The van der Waals surface area contributed by atoms with Crippen LogP contribution in [0.2, 0.25) is 0 Å². The number of nitrogens with zero attached hydrogens (tertiary/aromatic N) is 2. The Bertz CT molecular complexity index is 643. The van der Waals surface area contributed by atoms with Crippen LogP contribution in [0.15, 0.2) is 48.8 Å². The van der Waals surface area contributed by atoms with E-state index in [1.165, 1.54) is 5.56 Å². The van der Waals surface area contributed by atoms with Crippen LogP contribution in [0.3, 0.4) is 0 Å². The summed E-state index contributed by atoms with van der Waals surface area (Å²) in [6, 6.07) is 11.9. The molecule has 1 amide bonds. The summed E-state index contributed by atoms with van der Waals surface area (Å²) in [7, 11) is 0. The third kappa shape index (κ3) is 3.11. The standard InChI is InChI=1S/C18H20N2O2/c1-14-12-19-10-9-16(14)17-8-5-11-20(17)18(21)22-13-15-6-3-2-4-7-15/h2-4,6-7,9-10,12,17H,5,8,11,13H2,1H3. The van der Waals surface area contributed by atoms with Crippen LogP contribution in [0.5, 0.6) is 0 Å². The fraction of sp³-hybridized carbons (Fsp3) is 0.333. The number of carbonyl (C=O) groups excluding carboxylic acids is 1. The minimum atomic E-state index is -0.234. The molecule has 1 fully saturated rings. The molecule has 22 heavy (non-hydrogen) atoms. The lowest BCUT2D eigenvalue weighted by Crippen LogP contribution is -2.31. The molecule has 0 saturated carbocycles. The zero-order chi connectivity index (χ0) is 15.4. The van der Waals surface area contributed by atoms with E-state index in [-0.39, 0.29) is 12.1 Å². The quantitative estimate of drug-likeness (QED) is 0.863. The maximum Gasteiger partial charge on any atom is 0.410 e. The van der Waals surface area contributed by atoms with Crippen LogP contribution >= 0.6 is 0 Å². The minimum absolute atomic E-state index is 0.103. The van der Waals surface area contributed by atoms with Gasteiger partial charge < -0.3 is 9.64 Å². The first-order valence-corrected chi connectivity index (χ1v) is 7.63. The molecular weight excluding hydrogens is 276 g/mol. The lowest BCUT2D eigenvalue weighted by atomic mass is 10.0. The number of hydrogen-bond acceptors (Lipinski definition) is 3. The van der Waals surface area contributed by atoms with Gasteiger partial charge >= 0.3 is 6.09 Å². The molecule has 2 aromatic rings. The van der Waals surface area contributed by atoms with Gasteiger partial charge in [-0.05, 0) is 42.5 Å². The summed E-state index contributed by atoms with van der Waals surface area (Å²) in [5.41, 5.74) is 3.30. The van der Waals surface area contributed by atoms with Crippen LogP contribution < -0.4 is 0 Å². The van der Waals surface area contributed by atoms with Crippen molar-refractivity contribution in [2.45, 2.75) is 32.4 Å². The van der Waals surface area contributed by atoms with Crippen LogP contribution in [0.4, 0.5) is 4.79 Å². The van der Waals surface area contributed by atoms with E-state index in [9.17, 15) is 4.79 Å². The molecular formula is C18H20N2O2. The Morgan fingerprint density at radius 3 is 2.91 bits per heavy atom. The average Bonchev–Trinajstić information content (AvgIpc) is 3.03. The summed E-state index contributed by atoms with van der Waals surface area (Å²) in [6.45, 7) is 3.10. The molecule has 1 saturated heterocycles. The van der Waals surface area contributed by atoms with Gasteiger partial charge in [-0.1, -0.05) is 30.3 Å². The van der Waals surface area contributed by atoms with Crippen molar-refractivity contribution in [3.05, 3.63) is 65.5 Å². The second kappa shape index (κ2) is 6.60. The molecule has 1 aliphatic heterocycles. The van der Waals surface area contributed by atoms with E-state index < -0.39 is 0 Å². The molecule has 4 nitrogen and oxygen atoms in total. The highest BCUT2D eigenvalue weighted by atomic mass is 16.6. The first kappa shape index (κ1) is 14.6. The Balaban J connectivity index is 1.68. The van der Waals surface area contributed by atoms with Crippen LogP contribution in [0.1, 0.15) is 35.6 Å². The second-order valence-electron chi connectivity index (χ2n) is 5.62. The van der Waals surface area contributed by atoms with E-state index in [1.807, 2.05) is 54.4 Å². The molecule has 0 radical (unpaired) electrons. The molecule has 1 atom stereocenters. The van der Waals surface area contributed by atoms with E-state index in [0.29, 0.717) is 6.61 Å². The second-order valence-corrected chi connectivity index (χ2v) is 5.62. The third-order valence-corrected chi connectivity index (χ3v) is 4.12. The molecule has 1 aliphatic rings. The Hall–Kier alpha value is -2.36. The molecule has 3 rings (SSSR count). The van der Waals surface area contributed by atoms with Crippen molar-refractivity contribution in [1.82, 2.24) is 9.88 Å². The molecule has 2 heterocycles. The molecule has 0 aliphatic carbocycles. The highest BCUT2D eigenvalue weighted by Gasteiger charge is 2.31. The number of aromatic nitrogens is 1. The van der Waals surface area contributed by atoms with Gasteiger partial charge in [0, 0.05) is 18.9 Å². The molecule has 0 N–H and O–H groups in total. The van der Waals surface area contributed by atoms with E-state index >= 15 is 0 Å². The van der Waals surface area contributed by atoms with Gasteiger partial charge in [-0.3, -0.25) is 4.98 Å². The smallest absolute Gasteiger partial charge is 0.410 e. The monoisotopic (exact) mass is 296 g/mol. The van der Waals surface area contributed by atoms with Crippen molar-refractivity contribution >= 4 is 6.09 Å². The van der Waals surface area contributed by atoms with Gasteiger partial charge in [-0.15, -0.1) is 0 Å². The van der Waals surface area contributed by atoms with Crippen LogP contribution in [-0.2, 0) is 11.3 Å². The van der Waals surface area contributed by atoms with Gasteiger partial charge in [0.15, 0.2) is 0 Å². The average molecular weight is 296 g/mol. The lowest BCUT2D eigenvalue weighted by Gasteiger charge is -2.25. The number of carbonyl (C=O) groups is 1. The number of amides is 1. The highest BCUT2D eigenvalue weighted by molar-refractivity contribution is 5.69. The van der Waals surface area contributed by atoms with E-state index in [2.05, 4.69) is 4.98 Å². The van der Waals surface area contributed by atoms with Crippen molar-refractivity contribution in [2.24, 2.45) is 0 Å². The number of likely N-dealkylation sites (tertiary alicyclic amines) is 1. The van der Waals surface area contributed by atoms with Gasteiger partial charge in [0.25, 0.3) is 0 Å². The first-order valence-electron chi connectivity index (χ1n) is 7.63. The van der Waals surface area contributed by atoms with Crippen LogP contribution in [-0.4, -0.2) is 22.5 Å². The third-order valence-electron chi connectivity index (χ3n) is 4.12. The van der Waals surface area contributed by atoms with Crippen molar-refractivity contribution in [3.63, 3.8) is 0 Å². The van der Waals surface area contributed by atoms with Crippen LogP contribution in [0.25, 0.3) is 0 Å². The summed E-state index contributed by atoms with van der Waals surface area (Å²) in [6.07, 6.45) is 5.38. The lowest BCUT2D eigenvalue weighted by molar-refractivity contribution is 0.0920. The molecule has 114 valence electrons. The Morgan fingerprint density at radius 1 is 1.32 bits per heavy atom. The summed E-state index contributed by atoms with van der Waals surface area (Å²) in [5.74, 6) is 0.